The van der Waals surface area contributed by atoms with Gasteiger partial charge in [-0.2, -0.15) is 0 Å². The largest absolute Gasteiger partial charge is 0.325 e. The second kappa shape index (κ2) is 7.54. The fraction of sp³-hybridized carbons (Fsp3) is 0.923. The summed E-state index contributed by atoms with van der Waals surface area (Å²) >= 11 is 0. The lowest BCUT2D eigenvalue weighted by Gasteiger charge is -2.33. The summed E-state index contributed by atoms with van der Waals surface area (Å²) in [6.07, 6.45) is 2.48. The summed E-state index contributed by atoms with van der Waals surface area (Å²) in [4.78, 5) is 16.1. The van der Waals surface area contributed by atoms with Crippen molar-refractivity contribution in [3.8, 4) is 0 Å². The number of nitrogens with zero attached hydrogens (tertiary/aromatic N) is 2. The van der Waals surface area contributed by atoms with E-state index in [9.17, 15) is 4.79 Å². The summed E-state index contributed by atoms with van der Waals surface area (Å²) < 4.78 is 0. The molecular formula is C13H27N3O. The highest BCUT2D eigenvalue weighted by molar-refractivity contribution is 5.74. The topological polar surface area (TPSA) is 35.6 Å². The van der Waals surface area contributed by atoms with Crippen molar-refractivity contribution in [3.63, 3.8) is 0 Å². The zero-order valence-corrected chi connectivity index (χ0v) is 11.5. The van der Waals surface area contributed by atoms with Gasteiger partial charge in [-0.1, -0.05) is 0 Å². The summed E-state index contributed by atoms with van der Waals surface area (Å²) in [5, 5.41) is 3.41. The Kier molecular flexibility index (Phi) is 6.34. The second-order valence-corrected chi connectivity index (χ2v) is 4.71. The lowest BCUT2D eigenvalue weighted by molar-refractivity contribution is 0.147. The van der Waals surface area contributed by atoms with Gasteiger partial charge < -0.3 is 15.1 Å². The van der Waals surface area contributed by atoms with Crippen LogP contribution in [0.4, 0.5) is 4.79 Å². The van der Waals surface area contributed by atoms with E-state index in [1.54, 1.807) is 0 Å². The van der Waals surface area contributed by atoms with Gasteiger partial charge in [-0.05, 0) is 52.6 Å². The molecule has 1 atom stereocenters. The second-order valence-electron chi connectivity index (χ2n) is 4.71. The monoisotopic (exact) mass is 241 g/mol. The maximum absolute atomic E-state index is 12.2. The zero-order valence-electron chi connectivity index (χ0n) is 11.5. The third-order valence-corrected chi connectivity index (χ3v) is 3.56. The lowest BCUT2D eigenvalue weighted by Crippen LogP contribution is -2.47. The van der Waals surface area contributed by atoms with Gasteiger partial charge in [-0.25, -0.2) is 4.79 Å². The van der Waals surface area contributed by atoms with Crippen molar-refractivity contribution < 1.29 is 4.79 Å². The zero-order chi connectivity index (χ0) is 12.7. The van der Waals surface area contributed by atoms with Crippen molar-refractivity contribution in [2.75, 3.05) is 39.3 Å². The van der Waals surface area contributed by atoms with Gasteiger partial charge in [-0.15, -0.1) is 0 Å². The molecule has 4 nitrogen and oxygen atoms in total. The van der Waals surface area contributed by atoms with Crippen LogP contribution in [0, 0.1) is 5.92 Å². The molecule has 0 aromatic rings. The molecule has 0 spiro atoms. The van der Waals surface area contributed by atoms with E-state index in [0.29, 0.717) is 5.92 Å². The van der Waals surface area contributed by atoms with Crippen molar-refractivity contribution in [1.82, 2.24) is 15.1 Å². The first-order chi connectivity index (χ1) is 8.22. The molecule has 1 rings (SSSR count). The summed E-state index contributed by atoms with van der Waals surface area (Å²) in [7, 11) is 0. The van der Waals surface area contributed by atoms with E-state index >= 15 is 0 Å². The molecule has 1 aliphatic rings. The van der Waals surface area contributed by atoms with Crippen molar-refractivity contribution in [3.05, 3.63) is 0 Å². The number of nitrogens with one attached hydrogen (secondary N) is 1. The molecule has 1 saturated heterocycles. The molecule has 0 aromatic heterocycles. The van der Waals surface area contributed by atoms with E-state index in [1.807, 2.05) is 23.6 Å². The summed E-state index contributed by atoms with van der Waals surface area (Å²) in [5.41, 5.74) is 0. The Morgan fingerprint density at radius 2 is 1.82 bits per heavy atom. The maximum Gasteiger partial charge on any atom is 0.319 e. The minimum atomic E-state index is 0.197. The molecule has 17 heavy (non-hydrogen) atoms. The fourth-order valence-electron chi connectivity index (χ4n) is 2.43. The number of hydrogen-bond donors (Lipinski definition) is 1. The lowest BCUT2D eigenvalue weighted by atomic mass is 9.99. The predicted molar refractivity (Wildman–Crippen MR) is 71.2 cm³/mol. The molecule has 0 bridgehead atoms. The molecule has 1 unspecified atom stereocenters. The molecule has 0 aromatic carbocycles. The van der Waals surface area contributed by atoms with E-state index in [0.717, 1.165) is 39.3 Å². The van der Waals surface area contributed by atoms with E-state index in [1.165, 1.54) is 12.8 Å². The van der Waals surface area contributed by atoms with E-state index in [4.69, 9.17) is 0 Å². The highest BCUT2D eigenvalue weighted by atomic mass is 16.2. The van der Waals surface area contributed by atoms with Gasteiger partial charge in [0.2, 0.25) is 0 Å². The smallest absolute Gasteiger partial charge is 0.319 e. The van der Waals surface area contributed by atoms with Crippen LogP contribution in [-0.4, -0.2) is 55.1 Å². The Balaban J connectivity index is 2.48. The van der Waals surface area contributed by atoms with Crippen molar-refractivity contribution in [2.24, 2.45) is 5.92 Å². The van der Waals surface area contributed by atoms with Crippen molar-refractivity contribution in [2.45, 2.75) is 33.6 Å². The van der Waals surface area contributed by atoms with Crippen LogP contribution < -0.4 is 5.32 Å². The van der Waals surface area contributed by atoms with Crippen LogP contribution in [0.2, 0.25) is 0 Å². The number of urea groups is 1. The SMILES string of the molecule is CCN(CC)C(=O)N(CC)CC1CCCNC1. The first-order valence-electron chi connectivity index (χ1n) is 6.97. The molecule has 1 fully saturated rings. The van der Waals surface area contributed by atoms with Crippen LogP contribution in [0.1, 0.15) is 33.6 Å². The van der Waals surface area contributed by atoms with Crippen LogP contribution in [0.5, 0.6) is 0 Å². The van der Waals surface area contributed by atoms with Gasteiger partial charge in [0.05, 0.1) is 0 Å². The van der Waals surface area contributed by atoms with Gasteiger partial charge >= 0.3 is 6.03 Å². The van der Waals surface area contributed by atoms with Crippen LogP contribution >= 0.6 is 0 Å². The molecule has 1 heterocycles. The van der Waals surface area contributed by atoms with Crippen molar-refractivity contribution >= 4 is 6.03 Å². The van der Waals surface area contributed by atoms with E-state index in [2.05, 4.69) is 12.2 Å². The van der Waals surface area contributed by atoms with E-state index < -0.39 is 0 Å². The molecule has 0 saturated carbocycles. The predicted octanol–water partition coefficient (Wildman–Crippen LogP) is 1.77. The first-order valence-corrected chi connectivity index (χ1v) is 6.97. The fourth-order valence-corrected chi connectivity index (χ4v) is 2.43. The van der Waals surface area contributed by atoms with Gasteiger partial charge in [-0.3, -0.25) is 0 Å². The highest BCUT2D eigenvalue weighted by Gasteiger charge is 2.22. The summed E-state index contributed by atoms with van der Waals surface area (Å²) in [5.74, 6) is 0.628. The van der Waals surface area contributed by atoms with E-state index in [-0.39, 0.29) is 6.03 Å². The Labute approximate surface area is 105 Å². The standard InChI is InChI=1S/C13H27N3O/c1-4-15(5-2)13(17)16(6-3)11-12-8-7-9-14-10-12/h12,14H,4-11H2,1-3H3. The molecule has 2 amide bonds. The van der Waals surface area contributed by atoms with Gasteiger partial charge in [0.15, 0.2) is 0 Å². The number of carbonyl (C=O) groups is 1. The molecule has 0 radical (unpaired) electrons. The molecule has 1 aliphatic heterocycles. The van der Waals surface area contributed by atoms with Crippen LogP contribution in [-0.2, 0) is 0 Å². The minimum Gasteiger partial charge on any atom is -0.325 e. The Bertz CT molecular complexity index is 223. The van der Waals surface area contributed by atoms with Crippen molar-refractivity contribution in [1.29, 1.82) is 0 Å². The Morgan fingerprint density at radius 1 is 1.18 bits per heavy atom. The molecular weight excluding hydrogens is 214 g/mol. The summed E-state index contributed by atoms with van der Waals surface area (Å²) in [6, 6.07) is 0.197. The van der Waals surface area contributed by atoms with Crippen LogP contribution in [0.25, 0.3) is 0 Å². The van der Waals surface area contributed by atoms with Crippen LogP contribution in [0.15, 0.2) is 0 Å². The number of rotatable bonds is 5. The number of amides is 2. The average Bonchev–Trinajstić information content (AvgIpc) is 2.38. The highest BCUT2D eigenvalue weighted by Crippen LogP contribution is 2.12. The maximum atomic E-state index is 12.2. The van der Waals surface area contributed by atoms with Gasteiger partial charge in [0.25, 0.3) is 0 Å². The van der Waals surface area contributed by atoms with Gasteiger partial charge in [0.1, 0.15) is 0 Å². The molecule has 0 aliphatic carbocycles. The quantitative estimate of drug-likeness (QED) is 0.796. The number of hydrogen-bond acceptors (Lipinski definition) is 2. The Hall–Kier alpha value is -0.770. The summed E-state index contributed by atoms with van der Waals surface area (Å²) in [6.45, 7) is 11.6. The average molecular weight is 241 g/mol. The first kappa shape index (κ1) is 14.3. The molecule has 1 N–H and O–H groups in total. The molecule has 100 valence electrons. The van der Waals surface area contributed by atoms with Gasteiger partial charge in [0, 0.05) is 26.2 Å². The third kappa shape index (κ3) is 4.19. The van der Waals surface area contributed by atoms with Crippen LogP contribution in [0.3, 0.4) is 0 Å². The minimum absolute atomic E-state index is 0.197. The Morgan fingerprint density at radius 3 is 2.29 bits per heavy atom. The molecule has 4 heteroatoms. The number of carbonyl (C=O) groups excluding carboxylic acids is 1. The third-order valence-electron chi connectivity index (χ3n) is 3.56. The normalized spacial score (nSPS) is 20.1. The number of piperidine rings is 1.